The van der Waals surface area contributed by atoms with Crippen molar-refractivity contribution < 1.29 is 18.7 Å². The number of fused-ring (bicyclic) bond motifs is 1. The molecule has 1 aliphatic heterocycles. The Kier molecular flexibility index (Phi) is 8.00. The van der Waals surface area contributed by atoms with Gasteiger partial charge in [-0.2, -0.15) is 5.10 Å². The Labute approximate surface area is 241 Å². The largest absolute Gasteiger partial charge is 0.497 e. The number of thioether (sulfide) groups is 1. The number of thiophene rings is 1. The zero-order valence-corrected chi connectivity index (χ0v) is 24.4. The Morgan fingerprint density at radius 1 is 1.12 bits per heavy atom. The van der Waals surface area contributed by atoms with Gasteiger partial charge < -0.3 is 10.1 Å². The summed E-state index contributed by atoms with van der Waals surface area (Å²) in [5.41, 5.74) is 3.00. The molecule has 0 spiro atoms. The molecule has 3 heterocycles. The highest BCUT2D eigenvalue weighted by molar-refractivity contribution is 8.00. The van der Waals surface area contributed by atoms with E-state index < -0.39 is 0 Å². The Morgan fingerprint density at radius 3 is 2.48 bits per heavy atom. The average molecular weight is 579 g/mol. The number of anilines is 1. The van der Waals surface area contributed by atoms with Crippen LogP contribution in [-0.2, 0) is 21.5 Å². The van der Waals surface area contributed by atoms with Crippen molar-refractivity contribution in [2.45, 2.75) is 38.0 Å². The lowest BCUT2D eigenvalue weighted by molar-refractivity contribution is -0.123. The smallest absolute Gasteiger partial charge is 0.240 e. The number of hydrogen-bond donors (Lipinski definition) is 1. The minimum Gasteiger partial charge on any atom is -0.497 e. The zero-order valence-electron chi connectivity index (χ0n) is 22.8. The third-order valence-electron chi connectivity index (χ3n) is 6.62. The van der Waals surface area contributed by atoms with Crippen molar-refractivity contribution in [3.8, 4) is 11.4 Å². The summed E-state index contributed by atoms with van der Waals surface area (Å²) in [5.74, 6) is 0.699. The molecule has 0 fully saturated rings. The minimum atomic E-state index is -0.336. The molecule has 0 saturated heterocycles. The van der Waals surface area contributed by atoms with Gasteiger partial charge in [0, 0.05) is 22.4 Å². The maximum Gasteiger partial charge on any atom is 0.240 e. The molecule has 208 valence electrons. The first-order valence-corrected chi connectivity index (χ1v) is 14.8. The SMILES string of the molecule is COc1ccc(-n2nc(C(C)(C)C)c3c2N(CC(=O)NCc2ccc(F)cc2)C(=O)CS[C@@H]3c2cccs2)cc1. The van der Waals surface area contributed by atoms with E-state index in [2.05, 4.69) is 32.2 Å². The van der Waals surface area contributed by atoms with E-state index in [0.717, 1.165) is 27.4 Å². The molecule has 5 rings (SSSR count). The molecule has 2 amide bonds. The first kappa shape index (κ1) is 27.9. The maximum absolute atomic E-state index is 13.7. The number of nitrogens with one attached hydrogen (secondary N) is 1. The molecular weight excluding hydrogens is 547 g/mol. The Morgan fingerprint density at radius 2 is 1.85 bits per heavy atom. The van der Waals surface area contributed by atoms with Gasteiger partial charge >= 0.3 is 0 Å². The standard InChI is InChI=1S/C30H31FN4O3S2/c1-30(2,3)28-26-27(23-6-5-15-39-23)40-18-25(37)34(17-24(36)32-16-19-7-9-20(31)10-8-19)29(26)35(33-28)21-11-13-22(38-4)14-12-21/h5-15,27H,16-18H2,1-4H3,(H,32,36)/t27-/m1/s1. The van der Waals surface area contributed by atoms with Crippen LogP contribution in [0.5, 0.6) is 5.75 Å². The number of carbonyl (C=O) groups excluding carboxylic acids is 2. The van der Waals surface area contributed by atoms with Gasteiger partial charge in [0.05, 0.1) is 29.5 Å². The Hall–Kier alpha value is -3.63. The second-order valence-corrected chi connectivity index (χ2v) is 12.6. The number of aromatic nitrogens is 2. The molecule has 2 aromatic heterocycles. The van der Waals surface area contributed by atoms with Gasteiger partial charge in [-0.3, -0.25) is 14.5 Å². The summed E-state index contributed by atoms with van der Waals surface area (Å²) in [6.45, 7) is 6.38. The highest BCUT2D eigenvalue weighted by atomic mass is 32.2. The molecule has 0 aliphatic carbocycles. The molecule has 4 aromatic rings. The van der Waals surface area contributed by atoms with E-state index in [-0.39, 0.29) is 47.1 Å². The number of benzene rings is 2. The third kappa shape index (κ3) is 5.78. The number of methoxy groups -OCH3 is 1. The number of ether oxygens (including phenoxy) is 1. The topological polar surface area (TPSA) is 76.5 Å². The van der Waals surface area contributed by atoms with Crippen molar-refractivity contribution in [3.05, 3.63) is 93.6 Å². The van der Waals surface area contributed by atoms with Crippen LogP contribution >= 0.6 is 23.1 Å². The predicted molar refractivity (Wildman–Crippen MR) is 158 cm³/mol. The molecule has 2 aromatic carbocycles. The third-order valence-corrected chi connectivity index (χ3v) is 8.95. The van der Waals surface area contributed by atoms with Gasteiger partial charge in [0.1, 0.15) is 23.9 Å². The number of hydrogen-bond acceptors (Lipinski definition) is 6. The van der Waals surface area contributed by atoms with Gasteiger partial charge in [0.15, 0.2) is 0 Å². The first-order chi connectivity index (χ1) is 19.2. The molecule has 0 radical (unpaired) electrons. The number of halogens is 1. The summed E-state index contributed by atoms with van der Waals surface area (Å²) in [6.07, 6.45) is 0. The molecule has 0 unspecified atom stereocenters. The number of nitrogens with zero attached hydrogens (tertiary/aromatic N) is 3. The van der Waals surface area contributed by atoms with E-state index in [1.165, 1.54) is 12.1 Å². The summed E-state index contributed by atoms with van der Waals surface area (Å²) in [7, 11) is 1.61. The van der Waals surface area contributed by atoms with E-state index in [1.807, 2.05) is 35.7 Å². The fraction of sp³-hybridized carbons (Fsp3) is 0.300. The lowest BCUT2D eigenvalue weighted by Gasteiger charge is -2.24. The van der Waals surface area contributed by atoms with Crippen LogP contribution in [0.2, 0.25) is 0 Å². The fourth-order valence-electron chi connectivity index (χ4n) is 4.64. The van der Waals surface area contributed by atoms with E-state index in [9.17, 15) is 14.0 Å². The average Bonchev–Trinajstić information content (AvgIpc) is 3.58. The molecule has 7 nitrogen and oxygen atoms in total. The number of carbonyl (C=O) groups is 2. The summed E-state index contributed by atoms with van der Waals surface area (Å²) < 4.78 is 20.4. The normalized spacial score (nSPS) is 15.5. The lowest BCUT2D eigenvalue weighted by atomic mass is 9.88. The summed E-state index contributed by atoms with van der Waals surface area (Å²) in [5, 5.41) is 9.89. The first-order valence-electron chi connectivity index (χ1n) is 12.9. The molecule has 1 atom stereocenters. The zero-order chi connectivity index (χ0) is 28.4. The Bertz CT molecular complexity index is 1490. The van der Waals surface area contributed by atoms with Crippen molar-refractivity contribution in [1.29, 1.82) is 0 Å². The van der Waals surface area contributed by atoms with E-state index >= 15 is 0 Å². The van der Waals surface area contributed by atoms with Crippen molar-refractivity contribution in [2.24, 2.45) is 0 Å². The molecule has 1 N–H and O–H groups in total. The van der Waals surface area contributed by atoms with E-state index in [0.29, 0.717) is 11.6 Å². The van der Waals surface area contributed by atoms with Gasteiger partial charge in [-0.1, -0.05) is 39.0 Å². The second kappa shape index (κ2) is 11.5. The monoisotopic (exact) mass is 578 g/mol. The fourth-order valence-corrected chi connectivity index (χ4v) is 6.82. The van der Waals surface area contributed by atoms with Gasteiger partial charge in [0.2, 0.25) is 11.8 Å². The van der Waals surface area contributed by atoms with Crippen LogP contribution in [0.4, 0.5) is 10.2 Å². The van der Waals surface area contributed by atoms with Gasteiger partial charge in [-0.05, 0) is 53.4 Å². The van der Waals surface area contributed by atoms with Crippen molar-refractivity contribution in [3.63, 3.8) is 0 Å². The van der Waals surface area contributed by atoms with Crippen LogP contribution in [0.25, 0.3) is 5.69 Å². The van der Waals surface area contributed by atoms with Crippen molar-refractivity contribution in [2.75, 3.05) is 24.3 Å². The quantitative estimate of drug-likeness (QED) is 0.297. The van der Waals surface area contributed by atoms with Crippen LogP contribution in [0.3, 0.4) is 0 Å². The van der Waals surface area contributed by atoms with Crippen LogP contribution in [0.1, 0.15) is 47.7 Å². The maximum atomic E-state index is 13.7. The summed E-state index contributed by atoms with van der Waals surface area (Å²) >= 11 is 3.20. The summed E-state index contributed by atoms with van der Waals surface area (Å²) in [6, 6.07) is 17.6. The van der Waals surface area contributed by atoms with E-state index in [1.54, 1.807) is 51.9 Å². The van der Waals surface area contributed by atoms with Gasteiger partial charge in [0.25, 0.3) is 0 Å². The van der Waals surface area contributed by atoms with Gasteiger partial charge in [-0.25, -0.2) is 9.07 Å². The molecule has 1 aliphatic rings. The van der Waals surface area contributed by atoms with Crippen LogP contribution < -0.4 is 15.0 Å². The minimum absolute atomic E-state index is 0.118. The molecule has 40 heavy (non-hydrogen) atoms. The molecular formula is C30H31FN4O3S2. The number of rotatable bonds is 7. The van der Waals surface area contributed by atoms with E-state index in [4.69, 9.17) is 9.84 Å². The van der Waals surface area contributed by atoms with Crippen molar-refractivity contribution in [1.82, 2.24) is 15.1 Å². The molecule has 0 bridgehead atoms. The highest BCUT2D eigenvalue weighted by Gasteiger charge is 2.40. The van der Waals surface area contributed by atoms with Crippen LogP contribution in [0.15, 0.2) is 66.0 Å². The van der Waals surface area contributed by atoms with Crippen LogP contribution in [-0.4, -0.2) is 41.0 Å². The Balaban J connectivity index is 1.60. The summed E-state index contributed by atoms with van der Waals surface area (Å²) in [4.78, 5) is 29.6. The lowest BCUT2D eigenvalue weighted by Crippen LogP contribution is -2.42. The number of amides is 2. The molecule has 0 saturated carbocycles. The van der Waals surface area contributed by atoms with Gasteiger partial charge in [-0.15, -0.1) is 23.1 Å². The second-order valence-electron chi connectivity index (χ2n) is 10.5. The molecule has 10 heteroatoms. The van der Waals surface area contributed by atoms with Crippen LogP contribution in [0, 0.1) is 5.82 Å². The highest BCUT2D eigenvalue weighted by Crippen LogP contribution is 2.49. The van der Waals surface area contributed by atoms with Crippen molar-refractivity contribution >= 4 is 40.7 Å². The predicted octanol–water partition coefficient (Wildman–Crippen LogP) is 5.86.